The molecule has 0 saturated carbocycles. The van der Waals surface area contributed by atoms with Crippen molar-refractivity contribution >= 4 is 15.9 Å². The number of hydrogen-bond donors (Lipinski definition) is 0. The van der Waals surface area contributed by atoms with Crippen molar-refractivity contribution in [3.8, 4) is 17.2 Å². The van der Waals surface area contributed by atoms with Gasteiger partial charge in [-0.25, -0.2) is 4.98 Å². The van der Waals surface area contributed by atoms with Crippen molar-refractivity contribution in [2.45, 2.75) is 0 Å². The Morgan fingerprint density at radius 3 is 2.75 bits per heavy atom. The Labute approximate surface area is 100 Å². The third kappa shape index (κ3) is 2.10. The predicted octanol–water partition coefficient (Wildman–Crippen LogP) is 3.52. The number of nitrogens with zero attached hydrogens (tertiary/aromatic N) is 2. The molecule has 0 unspecified atom stereocenters. The number of halogens is 2. The van der Waals surface area contributed by atoms with Crippen LogP contribution in [0, 0.1) is 17.3 Å². The van der Waals surface area contributed by atoms with Gasteiger partial charge in [0.1, 0.15) is 0 Å². The van der Waals surface area contributed by atoms with Crippen molar-refractivity contribution in [2.75, 3.05) is 0 Å². The Morgan fingerprint density at radius 2 is 2.06 bits per heavy atom. The van der Waals surface area contributed by atoms with Crippen molar-refractivity contribution in [1.29, 1.82) is 5.26 Å². The average molecular weight is 277 g/mol. The Hall–Kier alpha value is -1.73. The molecule has 2 nitrogen and oxygen atoms in total. The molecule has 0 bridgehead atoms. The molecule has 2 rings (SSSR count). The fourth-order valence-corrected chi connectivity index (χ4v) is 1.79. The fourth-order valence-electron chi connectivity index (χ4n) is 1.43. The van der Waals surface area contributed by atoms with Gasteiger partial charge in [0.25, 0.3) is 0 Å². The smallest absolute Gasteiger partial charge is 0.213 e. The Morgan fingerprint density at radius 1 is 1.25 bits per heavy atom. The van der Waals surface area contributed by atoms with Gasteiger partial charge in [0.2, 0.25) is 5.95 Å². The van der Waals surface area contributed by atoms with Gasteiger partial charge in [-0.15, -0.1) is 0 Å². The average Bonchev–Trinajstić information content (AvgIpc) is 2.28. The minimum absolute atomic E-state index is 0.500. The van der Waals surface area contributed by atoms with Gasteiger partial charge in [0, 0.05) is 16.7 Å². The van der Waals surface area contributed by atoms with Crippen LogP contribution >= 0.6 is 15.9 Å². The van der Waals surface area contributed by atoms with Crippen LogP contribution in [0.15, 0.2) is 41.0 Å². The molecule has 0 saturated heterocycles. The second-order valence-electron chi connectivity index (χ2n) is 3.17. The third-order valence-electron chi connectivity index (χ3n) is 2.14. The second-order valence-corrected chi connectivity index (χ2v) is 4.08. The van der Waals surface area contributed by atoms with E-state index in [-0.39, 0.29) is 0 Å². The molecule has 0 N–H and O–H groups in total. The first-order chi connectivity index (χ1) is 7.70. The van der Waals surface area contributed by atoms with Crippen LogP contribution in [0.4, 0.5) is 4.39 Å². The second kappa shape index (κ2) is 4.42. The Bertz CT molecular complexity index is 575. The van der Waals surface area contributed by atoms with Gasteiger partial charge in [-0.3, -0.25) is 0 Å². The zero-order valence-corrected chi connectivity index (χ0v) is 9.70. The maximum absolute atomic E-state index is 13.0. The monoisotopic (exact) mass is 276 g/mol. The minimum atomic E-state index is -0.552. The van der Waals surface area contributed by atoms with E-state index in [0.29, 0.717) is 16.7 Å². The van der Waals surface area contributed by atoms with Gasteiger partial charge in [0.05, 0.1) is 11.6 Å². The molecule has 0 radical (unpaired) electrons. The van der Waals surface area contributed by atoms with Crippen LogP contribution < -0.4 is 0 Å². The largest absolute Gasteiger partial charge is 0.228 e. The molecule has 2 aromatic rings. The lowest BCUT2D eigenvalue weighted by atomic mass is 10.0. The molecule has 0 aliphatic rings. The highest BCUT2D eigenvalue weighted by Gasteiger charge is 2.06. The molecule has 4 heteroatoms. The maximum Gasteiger partial charge on any atom is 0.213 e. The molecule has 0 amide bonds. The van der Waals surface area contributed by atoms with Crippen molar-refractivity contribution in [1.82, 2.24) is 4.98 Å². The van der Waals surface area contributed by atoms with Crippen LogP contribution in [0.3, 0.4) is 0 Å². The summed E-state index contributed by atoms with van der Waals surface area (Å²) in [6, 6.07) is 10.4. The van der Waals surface area contributed by atoms with Crippen LogP contribution in [-0.4, -0.2) is 4.98 Å². The van der Waals surface area contributed by atoms with Crippen molar-refractivity contribution in [3.63, 3.8) is 0 Å². The highest BCUT2D eigenvalue weighted by Crippen LogP contribution is 2.26. The first-order valence-corrected chi connectivity index (χ1v) is 5.31. The normalized spacial score (nSPS) is 9.81. The number of nitriles is 1. The number of rotatable bonds is 1. The van der Waals surface area contributed by atoms with Crippen LogP contribution in [0.5, 0.6) is 0 Å². The molecule has 78 valence electrons. The molecule has 1 aromatic heterocycles. The molecule has 16 heavy (non-hydrogen) atoms. The number of benzene rings is 1. The summed E-state index contributed by atoms with van der Waals surface area (Å²) in [5, 5.41) is 8.99. The van der Waals surface area contributed by atoms with Crippen molar-refractivity contribution in [3.05, 3.63) is 52.5 Å². The van der Waals surface area contributed by atoms with E-state index in [1.807, 2.05) is 6.07 Å². The van der Waals surface area contributed by atoms with Crippen LogP contribution in [0.25, 0.3) is 11.1 Å². The summed E-state index contributed by atoms with van der Waals surface area (Å²) in [6.07, 6.45) is 1.38. The molecule has 0 atom stereocenters. The van der Waals surface area contributed by atoms with Gasteiger partial charge >= 0.3 is 0 Å². The lowest BCUT2D eigenvalue weighted by Gasteiger charge is -2.04. The third-order valence-corrected chi connectivity index (χ3v) is 2.63. The number of aromatic nitrogens is 1. The molecular formula is C12H6BrFN2. The molecular weight excluding hydrogens is 271 g/mol. The van der Waals surface area contributed by atoms with E-state index in [9.17, 15) is 4.39 Å². The van der Waals surface area contributed by atoms with Crippen LogP contribution in [-0.2, 0) is 0 Å². The molecule has 0 spiro atoms. The minimum Gasteiger partial charge on any atom is -0.228 e. The number of hydrogen-bond acceptors (Lipinski definition) is 2. The van der Waals surface area contributed by atoms with Gasteiger partial charge in [-0.05, 0) is 29.3 Å². The van der Waals surface area contributed by atoms with E-state index in [4.69, 9.17) is 5.26 Å². The van der Waals surface area contributed by atoms with E-state index in [0.717, 1.165) is 4.47 Å². The fraction of sp³-hybridized carbons (Fsp3) is 0. The molecule has 0 fully saturated rings. The van der Waals surface area contributed by atoms with E-state index in [1.54, 1.807) is 18.2 Å². The van der Waals surface area contributed by atoms with Gasteiger partial charge in [-0.2, -0.15) is 9.65 Å². The van der Waals surface area contributed by atoms with E-state index >= 15 is 0 Å². The van der Waals surface area contributed by atoms with Crippen molar-refractivity contribution < 1.29 is 4.39 Å². The van der Waals surface area contributed by atoms with Gasteiger partial charge < -0.3 is 0 Å². The standard InChI is InChI=1S/C12H6BrFN2/c13-10-1-2-11(9(5-10)7-15)8-3-4-16-12(14)6-8/h1-6H. The zero-order chi connectivity index (χ0) is 11.5. The predicted molar refractivity (Wildman–Crippen MR) is 62.0 cm³/mol. The summed E-state index contributed by atoms with van der Waals surface area (Å²) in [5.41, 5.74) is 1.85. The Kier molecular flexibility index (Phi) is 2.97. The lowest BCUT2D eigenvalue weighted by molar-refractivity contribution is 0.584. The topological polar surface area (TPSA) is 36.7 Å². The highest BCUT2D eigenvalue weighted by molar-refractivity contribution is 9.10. The molecule has 1 heterocycles. The summed E-state index contributed by atoms with van der Waals surface area (Å²) in [5.74, 6) is -0.552. The Balaban J connectivity index is 2.61. The lowest BCUT2D eigenvalue weighted by Crippen LogP contribution is -1.87. The molecule has 1 aromatic carbocycles. The maximum atomic E-state index is 13.0. The quantitative estimate of drug-likeness (QED) is 0.748. The summed E-state index contributed by atoms with van der Waals surface area (Å²) in [6.45, 7) is 0. The summed E-state index contributed by atoms with van der Waals surface area (Å²) in [4.78, 5) is 3.48. The summed E-state index contributed by atoms with van der Waals surface area (Å²) in [7, 11) is 0. The SMILES string of the molecule is N#Cc1cc(Br)ccc1-c1ccnc(F)c1. The number of pyridine rings is 1. The van der Waals surface area contributed by atoms with E-state index in [2.05, 4.69) is 27.0 Å². The highest BCUT2D eigenvalue weighted by atomic mass is 79.9. The molecule has 0 aliphatic heterocycles. The van der Waals surface area contributed by atoms with Gasteiger partial charge in [0.15, 0.2) is 0 Å². The zero-order valence-electron chi connectivity index (χ0n) is 8.11. The van der Waals surface area contributed by atoms with Crippen molar-refractivity contribution in [2.24, 2.45) is 0 Å². The van der Waals surface area contributed by atoms with Crippen LogP contribution in [0.2, 0.25) is 0 Å². The summed E-state index contributed by atoms with van der Waals surface area (Å²) >= 11 is 3.29. The van der Waals surface area contributed by atoms with Crippen LogP contribution in [0.1, 0.15) is 5.56 Å². The van der Waals surface area contributed by atoms with E-state index in [1.165, 1.54) is 12.3 Å². The van der Waals surface area contributed by atoms with E-state index < -0.39 is 5.95 Å². The molecule has 0 aliphatic carbocycles. The van der Waals surface area contributed by atoms with Gasteiger partial charge in [-0.1, -0.05) is 22.0 Å². The first kappa shape index (κ1) is 10.8. The first-order valence-electron chi connectivity index (χ1n) is 4.52. The summed E-state index contributed by atoms with van der Waals surface area (Å²) < 4.78 is 13.8.